The monoisotopic (exact) mass is 201 g/mol. The molecule has 0 spiro atoms. The summed E-state index contributed by atoms with van der Waals surface area (Å²) in [4.78, 5) is 15.6. The zero-order valence-electron chi connectivity index (χ0n) is 7.51. The molecule has 0 aliphatic heterocycles. The van der Waals surface area contributed by atoms with Crippen molar-refractivity contribution in [3.05, 3.63) is 35.1 Å². The standard InChI is InChI=1S/C9H9F2NO2/c1-14-12-9(13)6-3-2-4-8(11)7(6)5-10/h2-4H,5H2,1H3,(H,12,13). The van der Waals surface area contributed by atoms with Crippen molar-refractivity contribution in [2.45, 2.75) is 6.67 Å². The van der Waals surface area contributed by atoms with E-state index in [1.807, 2.05) is 5.48 Å². The van der Waals surface area contributed by atoms with Crippen LogP contribution < -0.4 is 5.48 Å². The maximum absolute atomic E-state index is 13.0. The van der Waals surface area contributed by atoms with Crippen LogP contribution in [0.25, 0.3) is 0 Å². The molecule has 14 heavy (non-hydrogen) atoms. The molecule has 0 aliphatic carbocycles. The number of hydrogen-bond acceptors (Lipinski definition) is 2. The maximum Gasteiger partial charge on any atom is 0.275 e. The van der Waals surface area contributed by atoms with Gasteiger partial charge in [-0.1, -0.05) is 6.07 Å². The Kier molecular flexibility index (Phi) is 3.53. The fraction of sp³-hybridized carbons (Fsp3) is 0.222. The number of halogens is 2. The molecule has 1 aromatic carbocycles. The second-order valence-electron chi connectivity index (χ2n) is 2.53. The number of carbonyl (C=O) groups is 1. The van der Waals surface area contributed by atoms with Crippen molar-refractivity contribution < 1.29 is 18.4 Å². The van der Waals surface area contributed by atoms with Crippen LogP contribution in [0, 0.1) is 5.82 Å². The Balaban J connectivity index is 3.07. The van der Waals surface area contributed by atoms with Crippen molar-refractivity contribution in [3.63, 3.8) is 0 Å². The fourth-order valence-electron chi connectivity index (χ4n) is 1.05. The number of amides is 1. The van der Waals surface area contributed by atoms with Gasteiger partial charge < -0.3 is 0 Å². The molecule has 0 aromatic heterocycles. The van der Waals surface area contributed by atoms with Crippen molar-refractivity contribution in [2.24, 2.45) is 0 Å². The van der Waals surface area contributed by atoms with Gasteiger partial charge in [0, 0.05) is 5.56 Å². The molecule has 1 rings (SSSR count). The number of benzene rings is 1. The first kappa shape index (κ1) is 10.6. The molecule has 3 nitrogen and oxygen atoms in total. The molecule has 1 amide bonds. The molecule has 0 bridgehead atoms. The van der Waals surface area contributed by atoms with Gasteiger partial charge >= 0.3 is 0 Å². The van der Waals surface area contributed by atoms with Crippen molar-refractivity contribution in [2.75, 3.05) is 7.11 Å². The topological polar surface area (TPSA) is 38.3 Å². The van der Waals surface area contributed by atoms with Crippen LogP contribution in [-0.2, 0) is 11.5 Å². The van der Waals surface area contributed by atoms with E-state index in [1.54, 1.807) is 0 Å². The number of carbonyl (C=O) groups excluding carboxylic acids is 1. The summed E-state index contributed by atoms with van der Waals surface area (Å²) in [5.74, 6) is -1.41. The summed E-state index contributed by atoms with van der Waals surface area (Å²) in [6.45, 7) is -1.03. The van der Waals surface area contributed by atoms with Gasteiger partial charge in [-0.05, 0) is 12.1 Å². The highest BCUT2D eigenvalue weighted by atomic mass is 19.1. The zero-order chi connectivity index (χ0) is 10.6. The van der Waals surface area contributed by atoms with Gasteiger partial charge in [-0.3, -0.25) is 9.63 Å². The summed E-state index contributed by atoms with van der Waals surface area (Å²) < 4.78 is 25.4. The predicted octanol–water partition coefficient (Wildman–Crippen LogP) is 1.59. The predicted molar refractivity (Wildman–Crippen MR) is 45.7 cm³/mol. The van der Waals surface area contributed by atoms with E-state index in [0.717, 1.165) is 6.07 Å². The molecular formula is C9H9F2NO2. The Bertz CT molecular complexity index is 342. The third kappa shape index (κ3) is 2.05. The van der Waals surface area contributed by atoms with E-state index >= 15 is 0 Å². The van der Waals surface area contributed by atoms with E-state index < -0.39 is 18.4 Å². The van der Waals surface area contributed by atoms with Crippen molar-refractivity contribution in [3.8, 4) is 0 Å². The lowest BCUT2D eigenvalue weighted by molar-refractivity contribution is 0.0535. The summed E-state index contributed by atoms with van der Waals surface area (Å²) >= 11 is 0. The minimum absolute atomic E-state index is 0.0608. The number of nitrogens with one attached hydrogen (secondary N) is 1. The minimum Gasteiger partial charge on any atom is -0.277 e. The van der Waals surface area contributed by atoms with Crippen LogP contribution in [-0.4, -0.2) is 13.0 Å². The molecule has 1 N–H and O–H groups in total. The number of rotatable bonds is 3. The van der Waals surface area contributed by atoms with E-state index in [4.69, 9.17) is 0 Å². The van der Waals surface area contributed by atoms with E-state index in [0.29, 0.717) is 0 Å². The molecule has 0 unspecified atom stereocenters. The lowest BCUT2D eigenvalue weighted by atomic mass is 10.1. The lowest BCUT2D eigenvalue weighted by Crippen LogP contribution is -2.23. The number of alkyl halides is 1. The molecule has 0 radical (unpaired) electrons. The molecule has 0 aliphatic rings. The van der Waals surface area contributed by atoms with E-state index in [1.165, 1.54) is 19.2 Å². The Morgan fingerprint density at radius 1 is 1.57 bits per heavy atom. The Morgan fingerprint density at radius 2 is 2.29 bits per heavy atom. The summed E-state index contributed by atoms with van der Waals surface area (Å²) in [5.41, 5.74) is 1.67. The largest absolute Gasteiger partial charge is 0.277 e. The first-order valence-electron chi connectivity index (χ1n) is 3.87. The van der Waals surface area contributed by atoms with Crippen LogP contribution in [0.3, 0.4) is 0 Å². The minimum atomic E-state index is -1.03. The van der Waals surface area contributed by atoms with Gasteiger partial charge in [-0.2, -0.15) is 0 Å². The average Bonchev–Trinajstić information content (AvgIpc) is 2.17. The third-order valence-electron chi connectivity index (χ3n) is 1.69. The molecule has 0 fully saturated rings. The molecule has 0 saturated heterocycles. The van der Waals surface area contributed by atoms with Gasteiger partial charge in [0.15, 0.2) is 0 Å². The highest BCUT2D eigenvalue weighted by Gasteiger charge is 2.14. The first-order valence-corrected chi connectivity index (χ1v) is 3.87. The SMILES string of the molecule is CONC(=O)c1cccc(F)c1CF. The van der Waals surface area contributed by atoms with Crippen LogP contribution >= 0.6 is 0 Å². The second-order valence-corrected chi connectivity index (χ2v) is 2.53. The summed E-state index contributed by atoms with van der Waals surface area (Å²) in [6, 6.07) is 3.75. The van der Waals surface area contributed by atoms with Crippen molar-refractivity contribution in [1.82, 2.24) is 5.48 Å². The summed E-state index contributed by atoms with van der Waals surface area (Å²) in [6.07, 6.45) is 0. The Hall–Kier alpha value is -1.49. The lowest BCUT2D eigenvalue weighted by Gasteiger charge is -2.06. The smallest absolute Gasteiger partial charge is 0.275 e. The van der Waals surface area contributed by atoms with E-state index in [9.17, 15) is 13.6 Å². The Labute approximate surface area is 79.6 Å². The highest BCUT2D eigenvalue weighted by Crippen LogP contribution is 2.14. The first-order chi connectivity index (χ1) is 6.70. The van der Waals surface area contributed by atoms with Gasteiger partial charge in [0.05, 0.1) is 12.7 Å². The van der Waals surface area contributed by atoms with Crippen LogP contribution in [0.15, 0.2) is 18.2 Å². The van der Waals surface area contributed by atoms with Crippen LogP contribution in [0.4, 0.5) is 8.78 Å². The zero-order valence-corrected chi connectivity index (χ0v) is 7.51. The van der Waals surface area contributed by atoms with Gasteiger partial charge in [-0.25, -0.2) is 14.3 Å². The maximum atomic E-state index is 13.0. The number of hydrogen-bond donors (Lipinski definition) is 1. The van der Waals surface area contributed by atoms with Gasteiger partial charge in [0.2, 0.25) is 0 Å². The molecule has 0 heterocycles. The quantitative estimate of drug-likeness (QED) is 0.754. The average molecular weight is 201 g/mol. The van der Waals surface area contributed by atoms with Gasteiger partial charge in [0.25, 0.3) is 5.91 Å². The van der Waals surface area contributed by atoms with Gasteiger partial charge in [0.1, 0.15) is 12.5 Å². The summed E-state index contributed by atoms with van der Waals surface area (Å²) in [5, 5.41) is 0. The second kappa shape index (κ2) is 4.66. The van der Waals surface area contributed by atoms with E-state index in [-0.39, 0.29) is 11.1 Å². The Morgan fingerprint density at radius 3 is 2.86 bits per heavy atom. The summed E-state index contributed by atoms with van der Waals surface area (Å²) in [7, 11) is 1.24. The van der Waals surface area contributed by atoms with Crippen LogP contribution in [0.1, 0.15) is 15.9 Å². The molecule has 76 valence electrons. The molecule has 0 atom stereocenters. The third-order valence-corrected chi connectivity index (χ3v) is 1.69. The number of hydroxylamine groups is 1. The van der Waals surface area contributed by atoms with Crippen molar-refractivity contribution in [1.29, 1.82) is 0 Å². The van der Waals surface area contributed by atoms with Crippen LogP contribution in [0.2, 0.25) is 0 Å². The molecule has 5 heteroatoms. The normalized spacial score (nSPS) is 9.93. The van der Waals surface area contributed by atoms with Crippen LogP contribution in [0.5, 0.6) is 0 Å². The fourth-order valence-corrected chi connectivity index (χ4v) is 1.05. The molecule has 0 saturated carbocycles. The highest BCUT2D eigenvalue weighted by molar-refractivity contribution is 5.94. The van der Waals surface area contributed by atoms with E-state index in [2.05, 4.69) is 4.84 Å². The molecule has 1 aromatic rings. The molecular weight excluding hydrogens is 192 g/mol. The van der Waals surface area contributed by atoms with Gasteiger partial charge in [-0.15, -0.1) is 0 Å². The van der Waals surface area contributed by atoms with Crippen molar-refractivity contribution >= 4 is 5.91 Å².